The summed E-state index contributed by atoms with van der Waals surface area (Å²) in [6.07, 6.45) is 5.57. The van der Waals surface area contributed by atoms with Crippen molar-refractivity contribution in [2.75, 3.05) is 6.61 Å². The van der Waals surface area contributed by atoms with Crippen LogP contribution in [-0.2, 0) is 17.8 Å². The average Bonchev–Trinajstić information content (AvgIpc) is 2.98. The van der Waals surface area contributed by atoms with Crippen molar-refractivity contribution >= 4 is 5.97 Å². The highest BCUT2D eigenvalue weighted by Gasteiger charge is 2.13. The molecule has 2 aromatic heterocycles. The Morgan fingerprint density at radius 3 is 2.89 bits per heavy atom. The van der Waals surface area contributed by atoms with E-state index in [4.69, 9.17) is 4.74 Å². The summed E-state index contributed by atoms with van der Waals surface area (Å²) >= 11 is 0. The third-order valence-corrected chi connectivity index (χ3v) is 2.77. The minimum atomic E-state index is -0.294. The summed E-state index contributed by atoms with van der Waals surface area (Å²) in [6, 6.07) is 3.60. The topological polar surface area (TPSA) is 49.1 Å². The van der Waals surface area contributed by atoms with E-state index in [-0.39, 0.29) is 5.97 Å². The van der Waals surface area contributed by atoms with Gasteiger partial charge in [-0.2, -0.15) is 0 Å². The molecule has 0 N–H and O–H groups in total. The van der Waals surface area contributed by atoms with Gasteiger partial charge in [0, 0.05) is 25.1 Å². The van der Waals surface area contributed by atoms with Crippen molar-refractivity contribution in [3.8, 4) is 0 Å². The van der Waals surface area contributed by atoms with Gasteiger partial charge in [-0.25, -0.2) is 9.78 Å². The molecule has 0 aromatic carbocycles. The molecule has 0 unspecified atom stereocenters. The molecule has 0 saturated heterocycles. The lowest BCUT2D eigenvalue weighted by molar-refractivity contribution is 0.0514. The van der Waals surface area contributed by atoms with Crippen LogP contribution in [-0.4, -0.2) is 26.7 Å². The first-order valence-corrected chi connectivity index (χ1v) is 6.08. The van der Waals surface area contributed by atoms with Gasteiger partial charge < -0.3 is 13.9 Å². The van der Waals surface area contributed by atoms with Gasteiger partial charge in [0.05, 0.1) is 13.2 Å². The SMILES string of the molecule is CCOC(=O)c1cccn1Cc1nccn1CC. The monoisotopic (exact) mass is 247 g/mol. The summed E-state index contributed by atoms with van der Waals surface area (Å²) in [5, 5.41) is 0. The van der Waals surface area contributed by atoms with Gasteiger partial charge in [-0.3, -0.25) is 0 Å². The molecular formula is C13H17N3O2. The summed E-state index contributed by atoms with van der Waals surface area (Å²) in [6.45, 7) is 5.68. The molecule has 0 fully saturated rings. The predicted octanol–water partition coefficient (Wildman–Crippen LogP) is 1.93. The lowest BCUT2D eigenvalue weighted by Gasteiger charge is -2.09. The van der Waals surface area contributed by atoms with Crippen molar-refractivity contribution in [1.29, 1.82) is 0 Å². The Hall–Kier alpha value is -2.04. The van der Waals surface area contributed by atoms with Gasteiger partial charge in [0.1, 0.15) is 11.5 Å². The quantitative estimate of drug-likeness (QED) is 0.758. The van der Waals surface area contributed by atoms with Crippen LogP contribution in [0.25, 0.3) is 0 Å². The Balaban J connectivity index is 2.20. The fraction of sp³-hybridized carbons (Fsp3) is 0.385. The zero-order valence-electron chi connectivity index (χ0n) is 10.7. The number of hydrogen-bond donors (Lipinski definition) is 0. The van der Waals surface area contributed by atoms with Crippen LogP contribution in [0.3, 0.4) is 0 Å². The number of ether oxygens (including phenoxy) is 1. The van der Waals surface area contributed by atoms with Crippen LogP contribution in [0.5, 0.6) is 0 Å². The van der Waals surface area contributed by atoms with Crippen LogP contribution in [0.15, 0.2) is 30.7 Å². The number of rotatable bonds is 5. The molecule has 2 rings (SSSR count). The fourth-order valence-corrected chi connectivity index (χ4v) is 1.87. The molecule has 0 bridgehead atoms. The van der Waals surface area contributed by atoms with E-state index >= 15 is 0 Å². The first-order valence-electron chi connectivity index (χ1n) is 6.08. The zero-order valence-corrected chi connectivity index (χ0v) is 10.7. The van der Waals surface area contributed by atoms with Gasteiger partial charge in [0.2, 0.25) is 0 Å². The van der Waals surface area contributed by atoms with Crippen LogP contribution >= 0.6 is 0 Å². The Kier molecular flexibility index (Phi) is 3.82. The van der Waals surface area contributed by atoms with E-state index in [1.54, 1.807) is 19.2 Å². The van der Waals surface area contributed by atoms with Crippen molar-refractivity contribution in [2.24, 2.45) is 0 Å². The lowest BCUT2D eigenvalue weighted by Crippen LogP contribution is -2.14. The summed E-state index contributed by atoms with van der Waals surface area (Å²) in [5.74, 6) is 0.636. The summed E-state index contributed by atoms with van der Waals surface area (Å²) in [5.41, 5.74) is 0.558. The normalized spacial score (nSPS) is 10.6. The number of aromatic nitrogens is 3. The van der Waals surface area contributed by atoms with Gasteiger partial charge in [0.15, 0.2) is 0 Å². The van der Waals surface area contributed by atoms with Crippen LogP contribution in [0.1, 0.15) is 30.2 Å². The maximum atomic E-state index is 11.7. The van der Waals surface area contributed by atoms with E-state index in [2.05, 4.69) is 16.5 Å². The van der Waals surface area contributed by atoms with E-state index in [1.165, 1.54) is 0 Å². The third kappa shape index (κ3) is 2.45. The van der Waals surface area contributed by atoms with Crippen LogP contribution in [0.2, 0.25) is 0 Å². The summed E-state index contributed by atoms with van der Waals surface area (Å²) in [7, 11) is 0. The van der Waals surface area contributed by atoms with Crippen molar-refractivity contribution in [2.45, 2.75) is 26.9 Å². The maximum absolute atomic E-state index is 11.7. The zero-order chi connectivity index (χ0) is 13.0. The fourth-order valence-electron chi connectivity index (χ4n) is 1.87. The Morgan fingerprint density at radius 2 is 2.17 bits per heavy atom. The van der Waals surface area contributed by atoms with E-state index in [0.717, 1.165) is 12.4 Å². The van der Waals surface area contributed by atoms with Crippen LogP contribution in [0, 0.1) is 0 Å². The van der Waals surface area contributed by atoms with Crippen molar-refractivity contribution in [3.05, 3.63) is 42.2 Å². The number of imidazole rings is 1. The van der Waals surface area contributed by atoms with Gasteiger partial charge in [-0.05, 0) is 26.0 Å². The van der Waals surface area contributed by atoms with E-state index in [1.807, 2.05) is 23.0 Å². The first kappa shape index (κ1) is 12.4. The number of esters is 1. The average molecular weight is 247 g/mol. The van der Waals surface area contributed by atoms with Gasteiger partial charge in [-0.15, -0.1) is 0 Å². The number of hydrogen-bond acceptors (Lipinski definition) is 3. The highest BCUT2D eigenvalue weighted by atomic mass is 16.5. The predicted molar refractivity (Wildman–Crippen MR) is 67.4 cm³/mol. The second kappa shape index (κ2) is 5.53. The molecule has 5 heteroatoms. The number of nitrogens with zero attached hydrogens (tertiary/aromatic N) is 3. The minimum absolute atomic E-state index is 0.294. The number of carbonyl (C=O) groups excluding carboxylic acids is 1. The van der Waals surface area contributed by atoms with Crippen molar-refractivity contribution in [1.82, 2.24) is 14.1 Å². The molecule has 18 heavy (non-hydrogen) atoms. The second-order valence-corrected chi connectivity index (χ2v) is 3.87. The minimum Gasteiger partial charge on any atom is -0.461 e. The molecular weight excluding hydrogens is 230 g/mol. The van der Waals surface area contributed by atoms with Gasteiger partial charge in [0.25, 0.3) is 0 Å². The maximum Gasteiger partial charge on any atom is 0.354 e. The molecule has 0 saturated carbocycles. The van der Waals surface area contributed by atoms with Crippen LogP contribution < -0.4 is 0 Å². The molecule has 0 aliphatic heterocycles. The molecule has 0 amide bonds. The molecule has 0 aliphatic rings. The molecule has 0 spiro atoms. The van der Waals surface area contributed by atoms with E-state index < -0.39 is 0 Å². The molecule has 2 heterocycles. The molecule has 0 atom stereocenters. The third-order valence-electron chi connectivity index (χ3n) is 2.77. The largest absolute Gasteiger partial charge is 0.461 e. The number of aryl methyl sites for hydroxylation is 1. The molecule has 0 aliphatic carbocycles. The second-order valence-electron chi connectivity index (χ2n) is 3.87. The Morgan fingerprint density at radius 1 is 1.33 bits per heavy atom. The summed E-state index contributed by atoms with van der Waals surface area (Å²) in [4.78, 5) is 16.0. The molecule has 5 nitrogen and oxygen atoms in total. The van der Waals surface area contributed by atoms with E-state index in [9.17, 15) is 4.79 Å². The molecule has 2 aromatic rings. The van der Waals surface area contributed by atoms with E-state index in [0.29, 0.717) is 18.8 Å². The molecule has 0 radical (unpaired) electrons. The van der Waals surface area contributed by atoms with Crippen molar-refractivity contribution in [3.63, 3.8) is 0 Å². The summed E-state index contributed by atoms with van der Waals surface area (Å²) < 4.78 is 8.92. The van der Waals surface area contributed by atoms with Gasteiger partial charge in [-0.1, -0.05) is 0 Å². The highest BCUT2D eigenvalue weighted by Crippen LogP contribution is 2.08. The first-order chi connectivity index (χ1) is 8.76. The van der Waals surface area contributed by atoms with Crippen molar-refractivity contribution < 1.29 is 9.53 Å². The standard InChI is InChI=1S/C13H17N3O2/c1-3-15-9-7-14-12(15)10-16-8-5-6-11(16)13(17)18-4-2/h5-9H,3-4,10H2,1-2H3. The van der Waals surface area contributed by atoms with Gasteiger partial charge >= 0.3 is 5.97 Å². The Labute approximate surface area is 106 Å². The Bertz CT molecular complexity index is 528. The lowest BCUT2D eigenvalue weighted by atomic mass is 10.4. The molecule has 96 valence electrons. The highest BCUT2D eigenvalue weighted by molar-refractivity contribution is 5.87. The number of carbonyl (C=O) groups is 1. The van der Waals surface area contributed by atoms with Crippen LogP contribution in [0.4, 0.5) is 0 Å². The smallest absolute Gasteiger partial charge is 0.354 e.